The lowest BCUT2D eigenvalue weighted by Crippen LogP contribution is -2.40. The molecule has 1 aromatic rings. The maximum Gasteiger partial charge on any atom is 0.573 e. The van der Waals surface area contributed by atoms with E-state index in [2.05, 4.69) is 10.1 Å². The Hall–Kier alpha value is -2.25. The van der Waals surface area contributed by atoms with Crippen molar-refractivity contribution in [3.8, 4) is 5.75 Å². The average Bonchev–Trinajstić information content (AvgIpc) is 2.36. The second-order valence-corrected chi connectivity index (χ2v) is 4.46. The van der Waals surface area contributed by atoms with Crippen LogP contribution in [-0.2, 0) is 4.79 Å². The summed E-state index contributed by atoms with van der Waals surface area (Å²) < 4.78 is 39.6. The number of carboxylic acids is 1. The van der Waals surface area contributed by atoms with Gasteiger partial charge in [0.1, 0.15) is 5.75 Å². The van der Waals surface area contributed by atoms with E-state index in [1.165, 1.54) is 13.8 Å². The van der Waals surface area contributed by atoms with Gasteiger partial charge in [0.2, 0.25) is 0 Å². The van der Waals surface area contributed by atoms with Crippen LogP contribution in [0.15, 0.2) is 24.3 Å². The Morgan fingerprint density at radius 3 is 2.14 bits per heavy atom. The van der Waals surface area contributed by atoms with Crippen LogP contribution in [0.4, 0.5) is 13.2 Å². The molecule has 1 aromatic carbocycles. The highest BCUT2D eigenvalue weighted by molar-refractivity contribution is 5.94. The molecule has 1 rings (SSSR count). The molecule has 0 aromatic heterocycles. The Balaban J connectivity index is 2.69. The SMILES string of the molecule is CC(NC(=O)c1ccc(OC(F)(F)F)cc1)C(C)C(=O)O. The van der Waals surface area contributed by atoms with Crippen LogP contribution in [0.2, 0.25) is 0 Å². The summed E-state index contributed by atoms with van der Waals surface area (Å²) in [7, 11) is 0. The lowest BCUT2D eigenvalue weighted by Gasteiger charge is -2.17. The van der Waals surface area contributed by atoms with Gasteiger partial charge in [-0.05, 0) is 38.1 Å². The van der Waals surface area contributed by atoms with Crippen molar-refractivity contribution in [3.63, 3.8) is 0 Å². The Morgan fingerprint density at radius 2 is 1.71 bits per heavy atom. The van der Waals surface area contributed by atoms with E-state index in [1.54, 1.807) is 0 Å². The minimum absolute atomic E-state index is 0.106. The lowest BCUT2D eigenvalue weighted by atomic mass is 10.0. The standard InChI is InChI=1S/C13H14F3NO4/c1-7(12(19)20)8(2)17-11(18)9-3-5-10(6-4-9)21-13(14,15)16/h3-8H,1-2H3,(H,17,18)(H,19,20). The number of aliphatic carboxylic acids is 1. The van der Waals surface area contributed by atoms with Crippen LogP contribution >= 0.6 is 0 Å². The number of halogens is 3. The van der Waals surface area contributed by atoms with Crippen LogP contribution in [0, 0.1) is 5.92 Å². The fourth-order valence-electron chi connectivity index (χ4n) is 1.44. The molecule has 1 amide bonds. The first-order chi connectivity index (χ1) is 9.60. The van der Waals surface area contributed by atoms with E-state index in [0.29, 0.717) is 0 Å². The molecule has 2 unspecified atom stereocenters. The second kappa shape index (κ2) is 6.47. The van der Waals surface area contributed by atoms with Gasteiger partial charge in [0.25, 0.3) is 5.91 Å². The molecule has 0 spiro atoms. The third-order valence-electron chi connectivity index (χ3n) is 2.85. The third kappa shape index (κ3) is 5.33. The number of alkyl halides is 3. The van der Waals surface area contributed by atoms with E-state index in [9.17, 15) is 22.8 Å². The Morgan fingerprint density at radius 1 is 1.19 bits per heavy atom. The van der Waals surface area contributed by atoms with Crippen molar-refractivity contribution in [1.82, 2.24) is 5.32 Å². The van der Waals surface area contributed by atoms with Gasteiger partial charge in [-0.3, -0.25) is 9.59 Å². The number of carbonyl (C=O) groups excluding carboxylic acids is 1. The summed E-state index contributed by atoms with van der Waals surface area (Å²) in [5.74, 6) is -2.86. The van der Waals surface area contributed by atoms with Crippen LogP contribution in [-0.4, -0.2) is 29.4 Å². The molecule has 0 fully saturated rings. The van der Waals surface area contributed by atoms with Crippen molar-refractivity contribution in [3.05, 3.63) is 29.8 Å². The van der Waals surface area contributed by atoms with Gasteiger partial charge in [0, 0.05) is 11.6 Å². The summed E-state index contributed by atoms with van der Waals surface area (Å²) in [5, 5.41) is 11.3. The van der Waals surface area contributed by atoms with Gasteiger partial charge < -0.3 is 15.2 Å². The summed E-state index contributed by atoms with van der Waals surface area (Å²) in [6.45, 7) is 2.96. The molecule has 0 aliphatic carbocycles. The normalized spacial score (nSPS) is 14.1. The molecular formula is C13H14F3NO4. The maximum absolute atomic E-state index is 12.0. The van der Waals surface area contributed by atoms with Crippen LogP contribution in [0.3, 0.4) is 0 Å². The highest BCUT2D eigenvalue weighted by Gasteiger charge is 2.31. The van der Waals surface area contributed by atoms with Crippen molar-refractivity contribution in [2.75, 3.05) is 0 Å². The van der Waals surface area contributed by atoms with E-state index in [-0.39, 0.29) is 5.56 Å². The maximum atomic E-state index is 12.0. The molecule has 2 atom stereocenters. The largest absolute Gasteiger partial charge is 0.573 e. The molecule has 0 saturated carbocycles. The monoisotopic (exact) mass is 305 g/mol. The average molecular weight is 305 g/mol. The zero-order valence-electron chi connectivity index (χ0n) is 11.3. The molecule has 2 N–H and O–H groups in total. The highest BCUT2D eigenvalue weighted by Crippen LogP contribution is 2.22. The quantitative estimate of drug-likeness (QED) is 0.876. The third-order valence-corrected chi connectivity index (χ3v) is 2.85. The number of rotatable bonds is 5. The van der Waals surface area contributed by atoms with Crippen molar-refractivity contribution >= 4 is 11.9 Å². The molecule has 0 bridgehead atoms. The fraction of sp³-hybridized carbons (Fsp3) is 0.385. The zero-order valence-corrected chi connectivity index (χ0v) is 11.3. The van der Waals surface area contributed by atoms with Gasteiger partial charge >= 0.3 is 12.3 Å². The topological polar surface area (TPSA) is 75.6 Å². The molecule has 8 heteroatoms. The van der Waals surface area contributed by atoms with Crippen LogP contribution in [0.5, 0.6) is 5.75 Å². The summed E-state index contributed by atoms with van der Waals surface area (Å²) in [5.41, 5.74) is 0.106. The summed E-state index contributed by atoms with van der Waals surface area (Å²) in [6.07, 6.45) is -4.80. The number of carboxylic acid groups (broad SMARTS) is 1. The minimum Gasteiger partial charge on any atom is -0.481 e. The smallest absolute Gasteiger partial charge is 0.481 e. The van der Waals surface area contributed by atoms with E-state index in [4.69, 9.17) is 5.11 Å². The fourth-order valence-corrected chi connectivity index (χ4v) is 1.44. The van der Waals surface area contributed by atoms with E-state index in [1.807, 2.05) is 0 Å². The molecular weight excluding hydrogens is 291 g/mol. The van der Waals surface area contributed by atoms with Crippen LogP contribution in [0.25, 0.3) is 0 Å². The molecule has 5 nitrogen and oxygen atoms in total. The summed E-state index contributed by atoms with van der Waals surface area (Å²) in [6, 6.07) is 3.71. The van der Waals surface area contributed by atoms with Crippen molar-refractivity contribution in [2.45, 2.75) is 26.3 Å². The molecule has 116 valence electrons. The van der Waals surface area contributed by atoms with E-state index >= 15 is 0 Å². The van der Waals surface area contributed by atoms with Gasteiger partial charge in [-0.25, -0.2) is 0 Å². The van der Waals surface area contributed by atoms with E-state index < -0.39 is 35.9 Å². The van der Waals surface area contributed by atoms with Crippen molar-refractivity contribution < 1.29 is 32.6 Å². The predicted molar refractivity (Wildman–Crippen MR) is 66.9 cm³/mol. The number of hydrogen-bond acceptors (Lipinski definition) is 3. The molecule has 0 heterocycles. The minimum atomic E-state index is -4.80. The summed E-state index contributed by atoms with van der Waals surface area (Å²) in [4.78, 5) is 22.6. The Labute approximate surface area is 118 Å². The Bertz CT molecular complexity index is 513. The van der Waals surface area contributed by atoms with Crippen molar-refractivity contribution in [2.24, 2.45) is 5.92 Å². The van der Waals surface area contributed by atoms with Gasteiger partial charge in [0.15, 0.2) is 0 Å². The second-order valence-electron chi connectivity index (χ2n) is 4.46. The van der Waals surface area contributed by atoms with Gasteiger partial charge in [-0.2, -0.15) is 0 Å². The van der Waals surface area contributed by atoms with Gasteiger partial charge in [0.05, 0.1) is 5.92 Å². The van der Waals surface area contributed by atoms with Gasteiger partial charge in [-0.1, -0.05) is 0 Å². The number of nitrogens with one attached hydrogen (secondary N) is 1. The first kappa shape index (κ1) is 16.8. The number of amides is 1. The molecule has 0 aliphatic rings. The zero-order chi connectivity index (χ0) is 16.2. The number of ether oxygens (including phenoxy) is 1. The first-order valence-corrected chi connectivity index (χ1v) is 5.99. The molecule has 0 radical (unpaired) electrons. The van der Waals surface area contributed by atoms with E-state index in [0.717, 1.165) is 24.3 Å². The Kier molecular flexibility index (Phi) is 5.17. The molecule has 0 aliphatic heterocycles. The van der Waals surface area contributed by atoms with Gasteiger partial charge in [-0.15, -0.1) is 13.2 Å². The van der Waals surface area contributed by atoms with Crippen LogP contribution < -0.4 is 10.1 Å². The van der Waals surface area contributed by atoms with Crippen molar-refractivity contribution in [1.29, 1.82) is 0 Å². The molecule has 21 heavy (non-hydrogen) atoms. The number of benzene rings is 1. The lowest BCUT2D eigenvalue weighted by molar-refractivity contribution is -0.274. The number of carbonyl (C=O) groups is 2. The number of hydrogen-bond donors (Lipinski definition) is 2. The first-order valence-electron chi connectivity index (χ1n) is 5.99. The summed E-state index contributed by atoms with van der Waals surface area (Å²) >= 11 is 0. The highest BCUT2D eigenvalue weighted by atomic mass is 19.4. The molecule has 0 saturated heterocycles. The van der Waals surface area contributed by atoms with Crippen LogP contribution in [0.1, 0.15) is 24.2 Å². The predicted octanol–water partition coefficient (Wildman–Crippen LogP) is 2.42.